The molecule has 2 aromatic rings. The van der Waals surface area contributed by atoms with E-state index in [1.165, 1.54) is 6.07 Å². The van der Waals surface area contributed by atoms with Gasteiger partial charge in [-0.3, -0.25) is 10.1 Å². The largest absolute Gasteiger partial charge is 0.437 e. The van der Waals surface area contributed by atoms with Crippen LogP contribution in [-0.2, 0) is 0 Å². The van der Waals surface area contributed by atoms with Gasteiger partial charge in [0.25, 0.3) is 5.69 Å². The number of nitro benzene ring substituents is 1. The Labute approximate surface area is 129 Å². The summed E-state index contributed by atoms with van der Waals surface area (Å²) in [6.07, 6.45) is 0. The first-order valence-corrected chi connectivity index (χ1v) is 7.01. The minimum Gasteiger partial charge on any atom is -0.437 e. The van der Waals surface area contributed by atoms with E-state index in [9.17, 15) is 10.1 Å². The van der Waals surface area contributed by atoms with Crippen LogP contribution in [0.2, 0.25) is 0 Å². The number of anilines is 1. The molecule has 7 nitrogen and oxygen atoms in total. The van der Waals surface area contributed by atoms with E-state index in [1.807, 2.05) is 6.92 Å². The minimum atomic E-state index is -0.480. The van der Waals surface area contributed by atoms with Crippen molar-refractivity contribution in [1.82, 2.24) is 9.97 Å². The average molecular weight is 353 g/mol. The van der Waals surface area contributed by atoms with Crippen molar-refractivity contribution in [2.45, 2.75) is 13.8 Å². The lowest BCUT2D eigenvalue weighted by Gasteiger charge is -2.09. The van der Waals surface area contributed by atoms with Gasteiger partial charge in [-0.15, -0.1) is 0 Å². The van der Waals surface area contributed by atoms with Gasteiger partial charge in [0.2, 0.25) is 5.88 Å². The van der Waals surface area contributed by atoms with Crippen molar-refractivity contribution in [2.75, 3.05) is 11.9 Å². The van der Waals surface area contributed by atoms with Crippen LogP contribution in [0.15, 0.2) is 28.7 Å². The summed E-state index contributed by atoms with van der Waals surface area (Å²) >= 11 is 3.18. The Bertz CT molecular complexity index is 678. The molecule has 0 aliphatic carbocycles. The number of hydrogen-bond donors (Lipinski definition) is 1. The van der Waals surface area contributed by atoms with Gasteiger partial charge < -0.3 is 10.1 Å². The monoisotopic (exact) mass is 352 g/mol. The van der Waals surface area contributed by atoms with E-state index in [4.69, 9.17) is 4.74 Å². The maximum Gasteiger partial charge on any atom is 0.287 e. The molecule has 0 aliphatic rings. The third-order valence-electron chi connectivity index (χ3n) is 2.53. The molecule has 1 N–H and O–H groups in total. The molecular formula is C13H13BrN4O3. The van der Waals surface area contributed by atoms with Gasteiger partial charge >= 0.3 is 0 Å². The second-order valence-electron chi connectivity index (χ2n) is 4.12. The van der Waals surface area contributed by atoms with Gasteiger partial charge in [0.1, 0.15) is 16.1 Å². The molecule has 1 aromatic carbocycles. The van der Waals surface area contributed by atoms with Crippen LogP contribution in [0.4, 0.5) is 11.5 Å². The fourth-order valence-corrected chi connectivity index (χ4v) is 2.19. The van der Waals surface area contributed by atoms with Crippen molar-refractivity contribution in [2.24, 2.45) is 0 Å². The van der Waals surface area contributed by atoms with Gasteiger partial charge in [-0.1, -0.05) is 6.07 Å². The predicted octanol–water partition coefficient (Wildman–Crippen LogP) is 3.68. The fourth-order valence-electron chi connectivity index (χ4n) is 1.70. The maximum atomic E-state index is 10.9. The second kappa shape index (κ2) is 6.49. The quantitative estimate of drug-likeness (QED) is 0.651. The lowest BCUT2D eigenvalue weighted by atomic mass is 10.3. The lowest BCUT2D eigenvalue weighted by molar-refractivity contribution is -0.385. The molecule has 0 atom stereocenters. The normalized spacial score (nSPS) is 10.2. The van der Waals surface area contributed by atoms with Crippen molar-refractivity contribution in [3.63, 3.8) is 0 Å². The van der Waals surface area contributed by atoms with E-state index in [1.54, 1.807) is 25.1 Å². The van der Waals surface area contributed by atoms with Crippen LogP contribution in [0.1, 0.15) is 12.7 Å². The SMILES string of the molecule is CCNc1cc(Oc2cccc([N+](=O)[O-])c2Br)nc(C)n1. The van der Waals surface area contributed by atoms with Crippen molar-refractivity contribution < 1.29 is 9.66 Å². The summed E-state index contributed by atoms with van der Waals surface area (Å²) in [6, 6.07) is 6.22. The zero-order valence-corrected chi connectivity index (χ0v) is 13.0. The summed E-state index contributed by atoms with van der Waals surface area (Å²) in [7, 11) is 0. The molecule has 8 heteroatoms. The Morgan fingerprint density at radius 2 is 2.19 bits per heavy atom. The zero-order valence-electron chi connectivity index (χ0n) is 11.5. The lowest BCUT2D eigenvalue weighted by Crippen LogP contribution is -2.02. The second-order valence-corrected chi connectivity index (χ2v) is 4.91. The van der Waals surface area contributed by atoms with Crippen LogP contribution in [0.3, 0.4) is 0 Å². The van der Waals surface area contributed by atoms with E-state index in [0.717, 1.165) is 6.54 Å². The first kappa shape index (κ1) is 15.2. The molecule has 0 saturated heterocycles. The predicted molar refractivity (Wildman–Crippen MR) is 81.8 cm³/mol. The Balaban J connectivity index is 2.34. The third kappa shape index (κ3) is 3.66. The van der Waals surface area contributed by atoms with Gasteiger partial charge in [0, 0.05) is 18.7 Å². The molecule has 0 radical (unpaired) electrons. The van der Waals surface area contributed by atoms with Gasteiger partial charge in [0.15, 0.2) is 5.75 Å². The number of ether oxygens (including phenoxy) is 1. The van der Waals surface area contributed by atoms with Gasteiger partial charge in [-0.2, -0.15) is 4.98 Å². The Kier molecular flexibility index (Phi) is 4.69. The van der Waals surface area contributed by atoms with Crippen molar-refractivity contribution in [3.05, 3.63) is 44.7 Å². The first-order valence-electron chi connectivity index (χ1n) is 6.21. The number of aromatic nitrogens is 2. The molecule has 0 unspecified atom stereocenters. The summed E-state index contributed by atoms with van der Waals surface area (Å²) < 4.78 is 5.90. The molecule has 0 spiro atoms. The van der Waals surface area contributed by atoms with E-state index >= 15 is 0 Å². The number of rotatable bonds is 5. The number of hydrogen-bond acceptors (Lipinski definition) is 6. The molecule has 110 valence electrons. The van der Waals surface area contributed by atoms with Crippen LogP contribution in [0.5, 0.6) is 11.6 Å². The minimum absolute atomic E-state index is 0.0646. The Hall–Kier alpha value is -2.22. The summed E-state index contributed by atoms with van der Waals surface area (Å²) in [4.78, 5) is 18.8. The number of benzene rings is 1. The van der Waals surface area contributed by atoms with E-state index < -0.39 is 4.92 Å². The van der Waals surface area contributed by atoms with Gasteiger partial charge in [0.05, 0.1) is 4.92 Å². The summed E-state index contributed by atoms with van der Waals surface area (Å²) in [6.45, 7) is 4.42. The van der Waals surface area contributed by atoms with E-state index in [2.05, 4.69) is 31.2 Å². The summed E-state index contributed by atoms with van der Waals surface area (Å²) in [5.74, 6) is 1.83. The third-order valence-corrected chi connectivity index (χ3v) is 3.32. The van der Waals surface area contributed by atoms with Crippen LogP contribution in [0, 0.1) is 17.0 Å². The van der Waals surface area contributed by atoms with Gasteiger partial charge in [-0.25, -0.2) is 4.98 Å². The summed E-state index contributed by atoms with van der Waals surface area (Å²) in [5.41, 5.74) is -0.0646. The molecule has 21 heavy (non-hydrogen) atoms. The highest BCUT2D eigenvalue weighted by molar-refractivity contribution is 9.10. The molecule has 1 heterocycles. The highest BCUT2D eigenvalue weighted by Crippen LogP contribution is 2.36. The molecule has 1 aromatic heterocycles. The number of nitrogens with one attached hydrogen (secondary N) is 1. The summed E-state index contributed by atoms with van der Waals surface area (Å²) in [5, 5.41) is 14.0. The van der Waals surface area contributed by atoms with Crippen molar-refractivity contribution in [3.8, 4) is 11.6 Å². The molecule has 0 bridgehead atoms. The van der Waals surface area contributed by atoms with Crippen LogP contribution >= 0.6 is 15.9 Å². The smallest absolute Gasteiger partial charge is 0.287 e. The first-order chi connectivity index (χ1) is 10.0. The number of nitro groups is 1. The highest BCUT2D eigenvalue weighted by atomic mass is 79.9. The standard InChI is InChI=1S/C13H13BrN4O3/c1-3-15-11-7-12(17-8(2)16-11)21-10-6-4-5-9(13(10)14)18(19)20/h4-7H,3H2,1-2H3,(H,15,16,17). The molecule has 0 fully saturated rings. The zero-order chi connectivity index (χ0) is 15.4. The molecule has 0 aliphatic heterocycles. The Morgan fingerprint density at radius 1 is 1.43 bits per heavy atom. The number of halogens is 1. The molecule has 0 saturated carbocycles. The number of nitrogens with zero attached hydrogens (tertiary/aromatic N) is 3. The maximum absolute atomic E-state index is 10.9. The highest BCUT2D eigenvalue weighted by Gasteiger charge is 2.17. The molecule has 2 rings (SSSR count). The molecular weight excluding hydrogens is 340 g/mol. The van der Waals surface area contributed by atoms with Crippen LogP contribution < -0.4 is 10.1 Å². The van der Waals surface area contributed by atoms with Gasteiger partial charge in [-0.05, 0) is 35.8 Å². The average Bonchev–Trinajstić information content (AvgIpc) is 2.40. The van der Waals surface area contributed by atoms with E-state index in [0.29, 0.717) is 23.3 Å². The van der Waals surface area contributed by atoms with Crippen molar-refractivity contribution in [1.29, 1.82) is 0 Å². The topological polar surface area (TPSA) is 90.2 Å². The van der Waals surface area contributed by atoms with Crippen LogP contribution in [0.25, 0.3) is 0 Å². The fraction of sp³-hybridized carbons (Fsp3) is 0.231. The van der Waals surface area contributed by atoms with E-state index in [-0.39, 0.29) is 10.2 Å². The molecule has 0 amide bonds. The van der Waals surface area contributed by atoms with Crippen molar-refractivity contribution >= 4 is 27.4 Å². The Morgan fingerprint density at radius 3 is 2.86 bits per heavy atom. The number of aryl methyl sites for hydroxylation is 1. The van der Waals surface area contributed by atoms with Crippen LogP contribution in [-0.4, -0.2) is 21.4 Å².